The number of hydrogen-bond donors (Lipinski definition) is 3. The van der Waals surface area contributed by atoms with Crippen molar-refractivity contribution in [3.8, 4) is 0 Å². The maximum absolute atomic E-state index is 14.2. The van der Waals surface area contributed by atoms with Crippen LogP contribution in [-0.4, -0.2) is 45.6 Å². The van der Waals surface area contributed by atoms with Gasteiger partial charge in [0.25, 0.3) is 0 Å². The Bertz CT molecular complexity index is 1410. The first-order chi connectivity index (χ1) is 20.9. The highest BCUT2D eigenvalue weighted by atomic mass is 19.1. The summed E-state index contributed by atoms with van der Waals surface area (Å²) in [4.78, 5) is 25.5. The van der Waals surface area contributed by atoms with Gasteiger partial charge in [-0.3, -0.25) is 4.79 Å². The van der Waals surface area contributed by atoms with Crippen LogP contribution in [0.25, 0.3) is 5.57 Å². The number of allylic oxidation sites excluding steroid dienone is 2. The molecular weight excluding hydrogens is 578 g/mol. The Kier molecular flexibility index (Phi) is 8.93. The fourth-order valence-electron chi connectivity index (χ4n) is 10.9. The van der Waals surface area contributed by atoms with E-state index in [9.17, 15) is 33.7 Å². The molecule has 4 saturated carbocycles. The molecule has 3 N–H and O–H groups in total. The lowest BCUT2D eigenvalue weighted by Crippen LogP contribution is -2.65. The van der Waals surface area contributed by atoms with Gasteiger partial charge in [-0.05, 0) is 134 Å². The highest BCUT2D eigenvalue weighted by Crippen LogP contribution is 2.74. The maximum Gasteiger partial charge on any atom is 0.331 e. The standard InChI is InChI=1S/C37H50F2O6/c1-19(2)25(22-14-23(38)16-24(39)15-22)8-9-26(34(43)44)32-28-17-30(42)33-35(5)12-11-29(41)20(3)27(35)10-13-36(33,6)37(28,7)18-31(32)45-21(4)40/h14-16,20,27-31,33,41-42H,8-13,17-18H2,1-7H3,(H,43,44)/b32-26-/t20-,27-,28-,29+,30+,31-,33?,35-,36-,37-/m0/s1. The third kappa shape index (κ3) is 5.48. The van der Waals surface area contributed by atoms with Crippen molar-refractivity contribution in [1.29, 1.82) is 0 Å². The number of aliphatic hydroxyl groups excluding tert-OH is 2. The van der Waals surface area contributed by atoms with Crippen LogP contribution in [0, 0.1) is 51.6 Å². The summed E-state index contributed by atoms with van der Waals surface area (Å²) in [5, 5.41) is 33.5. The number of aliphatic hydroxyl groups is 2. The first-order valence-electron chi connectivity index (χ1n) is 16.6. The molecule has 6 nitrogen and oxygen atoms in total. The summed E-state index contributed by atoms with van der Waals surface area (Å²) in [5.74, 6) is -2.97. The first-order valence-corrected chi connectivity index (χ1v) is 16.6. The lowest BCUT2D eigenvalue weighted by atomic mass is 9.36. The highest BCUT2D eigenvalue weighted by molar-refractivity contribution is 5.89. The molecule has 1 aromatic rings. The van der Waals surface area contributed by atoms with Crippen LogP contribution in [0.15, 0.2) is 34.9 Å². The van der Waals surface area contributed by atoms with Gasteiger partial charge in [0, 0.05) is 18.6 Å². The summed E-state index contributed by atoms with van der Waals surface area (Å²) >= 11 is 0. The number of benzene rings is 1. The summed E-state index contributed by atoms with van der Waals surface area (Å²) in [6.45, 7) is 13.9. The number of hydrogen-bond acceptors (Lipinski definition) is 5. The fourth-order valence-corrected chi connectivity index (χ4v) is 10.9. The molecule has 4 fully saturated rings. The Hall–Kier alpha value is -2.58. The number of carbonyl (C=O) groups excluding carboxylic acids is 1. The molecule has 0 radical (unpaired) electrons. The molecule has 5 rings (SSSR count). The quantitative estimate of drug-likeness (QED) is 0.223. The molecule has 248 valence electrons. The van der Waals surface area contributed by atoms with Gasteiger partial charge in [0.15, 0.2) is 0 Å². The smallest absolute Gasteiger partial charge is 0.331 e. The third-order valence-corrected chi connectivity index (χ3v) is 13.1. The second-order valence-corrected chi connectivity index (χ2v) is 15.5. The van der Waals surface area contributed by atoms with Crippen LogP contribution in [0.2, 0.25) is 0 Å². The van der Waals surface area contributed by atoms with Crippen molar-refractivity contribution in [3.05, 3.63) is 52.1 Å². The number of ether oxygens (including phenoxy) is 1. The van der Waals surface area contributed by atoms with Crippen molar-refractivity contribution in [2.45, 2.75) is 118 Å². The second-order valence-electron chi connectivity index (χ2n) is 15.5. The minimum atomic E-state index is -1.11. The number of fused-ring (bicyclic) bond motifs is 5. The van der Waals surface area contributed by atoms with E-state index in [1.165, 1.54) is 19.1 Å². The Morgan fingerprint density at radius 2 is 1.58 bits per heavy atom. The van der Waals surface area contributed by atoms with Crippen LogP contribution in [-0.2, 0) is 14.3 Å². The number of esters is 1. The number of carboxylic acid groups (broad SMARTS) is 1. The molecule has 0 saturated heterocycles. The van der Waals surface area contributed by atoms with Crippen LogP contribution >= 0.6 is 0 Å². The van der Waals surface area contributed by atoms with Gasteiger partial charge < -0.3 is 20.1 Å². The van der Waals surface area contributed by atoms with Crippen molar-refractivity contribution in [1.82, 2.24) is 0 Å². The molecule has 4 aliphatic carbocycles. The number of carbonyl (C=O) groups is 2. The van der Waals surface area contributed by atoms with Crippen molar-refractivity contribution in [2.75, 3.05) is 0 Å². The molecule has 10 atom stereocenters. The fraction of sp³-hybridized carbons (Fsp3) is 0.676. The Morgan fingerprint density at radius 1 is 0.933 bits per heavy atom. The van der Waals surface area contributed by atoms with Gasteiger partial charge in [0.05, 0.1) is 12.2 Å². The van der Waals surface area contributed by atoms with Crippen molar-refractivity contribution >= 4 is 17.5 Å². The van der Waals surface area contributed by atoms with E-state index in [1.807, 2.05) is 13.8 Å². The molecule has 0 aliphatic heterocycles. The summed E-state index contributed by atoms with van der Waals surface area (Å²) < 4.78 is 34.2. The molecule has 0 amide bonds. The van der Waals surface area contributed by atoms with Gasteiger partial charge in [0.1, 0.15) is 17.7 Å². The number of rotatable bonds is 6. The van der Waals surface area contributed by atoms with Gasteiger partial charge >= 0.3 is 11.9 Å². The summed E-state index contributed by atoms with van der Waals surface area (Å²) in [6.07, 6.45) is 2.62. The van der Waals surface area contributed by atoms with Crippen molar-refractivity contribution < 1.29 is 38.4 Å². The molecule has 0 spiro atoms. The SMILES string of the molecule is CC(=O)O[C@H]1C[C@@]2(C)[C@@H](C[C@@H](O)C3[C@]2(C)CC[C@H]2[C@H](C)[C@H](O)CC[C@]32C)/C1=C(\CCC(=C(C)C)c1cc(F)cc(F)c1)C(=O)O. The lowest BCUT2D eigenvalue weighted by molar-refractivity contribution is -0.234. The van der Waals surface area contributed by atoms with Crippen LogP contribution in [0.3, 0.4) is 0 Å². The summed E-state index contributed by atoms with van der Waals surface area (Å²) in [7, 11) is 0. The van der Waals surface area contributed by atoms with Crippen LogP contribution in [0.5, 0.6) is 0 Å². The molecule has 0 bridgehead atoms. The van der Waals surface area contributed by atoms with Crippen LogP contribution in [0.1, 0.15) is 105 Å². The first kappa shape index (κ1) is 33.8. The van der Waals surface area contributed by atoms with E-state index in [4.69, 9.17) is 4.74 Å². The van der Waals surface area contributed by atoms with Gasteiger partial charge in [-0.15, -0.1) is 0 Å². The topological polar surface area (TPSA) is 104 Å². The Morgan fingerprint density at radius 3 is 2.16 bits per heavy atom. The van der Waals surface area contributed by atoms with Crippen LogP contribution in [0.4, 0.5) is 8.78 Å². The number of carboxylic acids is 1. The van der Waals surface area contributed by atoms with E-state index < -0.39 is 41.2 Å². The predicted molar refractivity (Wildman–Crippen MR) is 168 cm³/mol. The van der Waals surface area contributed by atoms with E-state index in [0.717, 1.165) is 30.9 Å². The van der Waals surface area contributed by atoms with E-state index in [1.54, 1.807) is 0 Å². The zero-order valence-corrected chi connectivity index (χ0v) is 27.8. The summed E-state index contributed by atoms with van der Waals surface area (Å²) in [5.41, 5.74) is 1.57. The molecule has 45 heavy (non-hydrogen) atoms. The summed E-state index contributed by atoms with van der Waals surface area (Å²) in [6, 6.07) is 3.33. The van der Waals surface area contributed by atoms with E-state index in [-0.39, 0.29) is 59.0 Å². The van der Waals surface area contributed by atoms with Gasteiger partial charge in [0.2, 0.25) is 0 Å². The molecule has 1 aromatic carbocycles. The largest absolute Gasteiger partial charge is 0.478 e. The van der Waals surface area contributed by atoms with E-state index in [2.05, 4.69) is 27.7 Å². The number of aliphatic carboxylic acids is 1. The average Bonchev–Trinajstić information content (AvgIpc) is 3.19. The third-order valence-electron chi connectivity index (χ3n) is 13.1. The van der Waals surface area contributed by atoms with E-state index in [0.29, 0.717) is 36.0 Å². The minimum absolute atomic E-state index is 0.0503. The van der Waals surface area contributed by atoms with Gasteiger partial charge in [-0.25, -0.2) is 13.6 Å². The molecule has 1 unspecified atom stereocenters. The second kappa shape index (κ2) is 11.9. The normalized spacial score (nSPS) is 40.1. The van der Waals surface area contributed by atoms with E-state index >= 15 is 0 Å². The molecule has 0 heterocycles. The Balaban J connectivity index is 1.58. The molecule has 4 aliphatic rings. The zero-order chi connectivity index (χ0) is 33.2. The monoisotopic (exact) mass is 628 g/mol. The van der Waals surface area contributed by atoms with Gasteiger partial charge in [-0.1, -0.05) is 33.3 Å². The highest BCUT2D eigenvalue weighted by Gasteiger charge is 2.70. The minimum Gasteiger partial charge on any atom is -0.478 e. The maximum atomic E-state index is 14.2. The zero-order valence-electron chi connectivity index (χ0n) is 27.8. The van der Waals surface area contributed by atoms with Crippen molar-refractivity contribution in [2.24, 2.45) is 39.9 Å². The van der Waals surface area contributed by atoms with Gasteiger partial charge in [-0.2, -0.15) is 0 Å². The Labute approximate surface area is 265 Å². The molecule has 8 heteroatoms. The lowest BCUT2D eigenvalue weighted by Gasteiger charge is -2.69. The number of halogens is 2. The average molecular weight is 629 g/mol. The molecular formula is C37H50F2O6. The predicted octanol–water partition coefficient (Wildman–Crippen LogP) is 7.47. The molecule has 0 aromatic heterocycles. The van der Waals surface area contributed by atoms with Crippen LogP contribution < -0.4 is 0 Å². The van der Waals surface area contributed by atoms with Crippen molar-refractivity contribution in [3.63, 3.8) is 0 Å².